The Morgan fingerprint density at radius 2 is 1.73 bits per heavy atom. The standard InChI is InChI=1S/C40H64N8O6S/c1-54-28-16-13-25(14-17-28)33-34(37-41-19-20-55-37)46-48(45-33)27-21-32-36(50)44-40(39(52)53)22-26(40)10-5-3-2-4-6-12-31(38(51)47(32)23-27)43-35(49)30-18-15-24-9-7-8-11-29(24)42-30/h5,10,24-34,37,41-42,45-46H,2-4,6-9,11-23H2,1H3,(H,43,49)(H,44,50)(H,52,53)/b10-5-/t24?,25?,26-,27+,28?,29?,30?,31+,32+,33?,34?,37?,40-/m1/s1. The lowest BCUT2D eigenvalue weighted by Gasteiger charge is -2.40. The van der Waals surface area contributed by atoms with Crippen molar-refractivity contribution in [2.45, 2.75) is 168 Å². The Balaban J connectivity index is 1.03. The van der Waals surface area contributed by atoms with Crippen LogP contribution in [-0.4, -0.2) is 124 Å². The van der Waals surface area contributed by atoms with Crippen LogP contribution in [0.4, 0.5) is 0 Å². The molecule has 0 bridgehead atoms. The van der Waals surface area contributed by atoms with Crippen LogP contribution in [0.1, 0.15) is 109 Å². The maximum atomic E-state index is 14.9. The second kappa shape index (κ2) is 17.3. The molecule has 0 aromatic carbocycles. The lowest BCUT2D eigenvalue weighted by atomic mass is 9.77. The summed E-state index contributed by atoms with van der Waals surface area (Å²) in [6, 6.07) is -1.61. The first kappa shape index (κ1) is 39.6. The highest BCUT2D eigenvalue weighted by atomic mass is 32.2. The van der Waals surface area contributed by atoms with Gasteiger partial charge >= 0.3 is 5.97 Å². The van der Waals surface area contributed by atoms with E-state index in [2.05, 4.69) is 37.2 Å². The third-order valence-electron chi connectivity index (χ3n) is 14.4. The number of piperidine rings is 1. The first-order valence-corrected chi connectivity index (χ1v) is 22.6. The van der Waals surface area contributed by atoms with Gasteiger partial charge in [-0.05, 0) is 95.3 Å². The smallest absolute Gasteiger partial charge is 0.330 e. The molecule has 0 radical (unpaired) electrons. The maximum absolute atomic E-state index is 14.9. The van der Waals surface area contributed by atoms with Gasteiger partial charge in [-0.2, -0.15) is 5.12 Å². The minimum Gasteiger partial charge on any atom is -0.479 e. The molecule has 0 aromatic rings. The first-order chi connectivity index (χ1) is 26.7. The lowest BCUT2D eigenvalue weighted by Crippen LogP contribution is -2.60. The van der Waals surface area contributed by atoms with Crippen LogP contribution in [-0.2, 0) is 23.9 Å². The van der Waals surface area contributed by atoms with E-state index in [9.17, 15) is 24.3 Å². The second-order valence-electron chi connectivity index (χ2n) is 17.7. The van der Waals surface area contributed by atoms with E-state index >= 15 is 0 Å². The summed E-state index contributed by atoms with van der Waals surface area (Å²) in [6.07, 6.45) is 19.5. The van der Waals surface area contributed by atoms with Gasteiger partial charge in [-0.25, -0.2) is 15.6 Å². The van der Waals surface area contributed by atoms with E-state index in [4.69, 9.17) is 4.74 Å². The van der Waals surface area contributed by atoms with Crippen molar-refractivity contribution in [1.29, 1.82) is 0 Å². The molecule has 0 aromatic heterocycles. The highest BCUT2D eigenvalue weighted by molar-refractivity contribution is 8.00. The average Bonchev–Trinajstić information content (AvgIpc) is 3.66. The molecular formula is C40H64N8O6S. The van der Waals surface area contributed by atoms with Crippen LogP contribution < -0.4 is 32.1 Å². The van der Waals surface area contributed by atoms with Gasteiger partial charge in [0.2, 0.25) is 17.7 Å². The van der Waals surface area contributed by atoms with Crippen LogP contribution >= 0.6 is 11.8 Å². The number of ether oxygens (including phenoxy) is 1. The van der Waals surface area contributed by atoms with Gasteiger partial charge in [0.25, 0.3) is 0 Å². The normalized spacial score (nSPS) is 43.6. The molecule has 6 unspecified atom stereocenters. The Morgan fingerprint density at radius 1 is 0.945 bits per heavy atom. The number of amides is 3. The fraction of sp³-hybridized carbons (Fsp3) is 0.850. The zero-order chi connectivity index (χ0) is 38.1. The van der Waals surface area contributed by atoms with Gasteiger partial charge in [0.15, 0.2) is 0 Å². The van der Waals surface area contributed by atoms with Gasteiger partial charge in [0.05, 0.1) is 29.6 Å². The molecule has 8 aliphatic rings. The van der Waals surface area contributed by atoms with E-state index in [1.807, 2.05) is 23.9 Å². The summed E-state index contributed by atoms with van der Waals surface area (Å²) in [5.74, 6) is -0.0577. The number of allylic oxidation sites excluding steroid dienone is 1. The predicted octanol–water partition coefficient (Wildman–Crippen LogP) is 2.16. The fourth-order valence-electron chi connectivity index (χ4n) is 11.0. The zero-order valence-corrected chi connectivity index (χ0v) is 33.3. The number of aliphatic carboxylic acids is 1. The number of rotatable bonds is 7. The molecule has 11 atom stereocenters. The molecule has 4 saturated heterocycles. The van der Waals surface area contributed by atoms with Gasteiger partial charge < -0.3 is 36.0 Å². The van der Waals surface area contributed by atoms with Crippen molar-refractivity contribution in [2.75, 3.05) is 26.0 Å². The van der Waals surface area contributed by atoms with Gasteiger partial charge in [0.1, 0.15) is 17.6 Å². The van der Waals surface area contributed by atoms with Crippen LogP contribution in [0.2, 0.25) is 0 Å². The summed E-state index contributed by atoms with van der Waals surface area (Å²) >= 11 is 1.93. The van der Waals surface area contributed by atoms with Gasteiger partial charge in [-0.15, -0.1) is 11.8 Å². The van der Waals surface area contributed by atoms with Crippen LogP contribution in [0.15, 0.2) is 12.2 Å². The van der Waals surface area contributed by atoms with Crippen molar-refractivity contribution in [1.82, 2.24) is 42.1 Å². The van der Waals surface area contributed by atoms with Gasteiger partial charge in [-0.3, -0.25) is 14.4 Å². The molecular weight excluding hydrogens is 721 g/mol. The molecule has 15 heteroatoms. The van der Waals surface area contributed by atoms with E-state index in [1.165, 1.54) is 19.3 Å². The molecule has 7 fully saturated rings. The van der Waals surface area contributed by atoms with Crippen molar-refractivity contribution in [2.24, 2.45) is 17.8 Å². The summed E-state index contributed by atoms with van der Waals surface area (Å²) in [5.41, 5.74) is 6.25. The third kappa shape index (κ3) is 8.49. The third-order valence-corrected chi connectivity index (χ3v) is 15.6. The van der Waals surface area contributed by atoms with Crippen LogP contribution in [0, 0.1) is 17.8 Å². The van der Waals surface area contributed by atoms with Crippen molar-refractivity contribution in [3.05, 3.63) is 12.2 Å². The van der Waals surface area contributed by atoms with Crippen molar-refractivity contribution in [3.63, 3.8) is 0 Å². The summed E-state index contributed by atoms with van der Waals surface area (Å²) < 4.78 is 5.69. The summed E-state index contributed by atoms with van der Waals surface area (Å²) in [7, 11) is 1.80. The molecule has 0 spiro atoms. The summed E-state index contributed by atoms with van der Waals surface area (Å²) in [6.45, 7) is 1.23. The number of nitrogens with one attached hydrogen (secondary N) is 6. The van der Waals surface area contributed by atoms with E-state index in [1.54, 1.807) is 12.0 Å². The number of thioether (sulfide) groups is 1. The quantitative estimate of drug-likeness (QED) is 0.188. The number of carbonyl (C=O) groups is 4. The second-order valence-corrected chi connectivity index (χ2v) is 19.0. The number of hydrogen-bond acceptors (Lipinski definition) is 11. The van der Waals surface area contributed by atoms with Gasteiger partial charge in [-0.1, -0.05) is 37.8 Å². The van der Waals surface area contributed by atoms with E-state index in [-0.39, 0.29) is 53.8 Å². The summed E-state index contributed by atoms with van der Waals surface area (Å²) in [4.78, 5) is 57.5. The number of nitrogens with zero attached hydrogens (tertiary/aromatic N) is 2. The van der Waals surface area contributed by atoms with Crippen molar-refractivity contribution in [3.8, 4) is 0 Å². The molecule has 55 heavy (non-hydrogen) atoms. The number of carboxylic acids is 1. The Labute approximate surface area is 330 Å². The maximum Gasteiger partial charge on any atom is 0.330 e. The Morgan fingerprint density at radius 3 is 2.51 bits per heavy atom. The molecule has 14 nitrogen and oxygen atoms in total. The predicted molar refractivity (Wildman–Crippen MR) is 209 cm³/mol. The number of carboxylic acid groups (broad SMARTS) is 1. The van der Waals surface area contributed by atoms with Crippen LogP contribution in [0.25, 0.3) is 0 Å². The highest BCUT2D eigenvalue weighted by Gasteiger charge is 2.62. The SMILES string of the molecule is COC1CCC(C2NN([C@H]3C[C@H]4C(=O)N[C@]5(C(=O)O)C[C@H]5/C=C\CCCCC[C@H](NC(=O)C5CCC6CCCCC6N5)C(=O)N4C3)NC2C2NCCS2)CC1. The molecule has 8 rings (SSSR count). The fourth-order valence-corrected chi connectivity index (χ4v) is 12.1. The van der Waals surface area contributed by atoms with Crippen LogP contribution in [0.3, 0.4) is 0 Å². The Bertz CT molecular complexity index is 1440. The number of methoxy groups -OCH3 is 1. The zero-order valence-electron chi connectivity index (χ0n) is 32.5. The van der Waals surface area contributed by atoms with E-state index < -0.39 is 29.5 Å². The molecule has 3 aliphatic carbocycles. The molecule has 3 amide bonds. The molecule has 7 N–H and O–H groups in total. The number of hydrogen-bond donors (Lipinski definition) is 7. The minimum absolute atomic E-state index is 0.118. The van der Waals surface area contributed by atoms with Gasteiger partial charge in [0, 0.05) is 44.0 Å². The van der Waals surface area contributed by atoms with Crippen molar-refractivity contribution >= 4 is 35.5 Å². The Kier molecular flexibility index (Phi) is 12.4. The topological polar surface area (TPSA) is 176 Å². The van der Waals surface area contributed by atoms with E-state index in [0.29, 0.717) is 43.2 Å². The molecule has 5 heterocycles. The van der Waals surface area contributed by atoms with Crippen LogP contribution in [0.5, 0.6) is 0 Å². The molecule has 5 aliphatic heterocycles. The Hall–Kier alpha value is -2.27. The first-order valence-electron chi connectivity index (χ1n) is 21.5. The van der Waals surface area contributed by atoms with Crippen molar-refractivity contribution < 1.29 is 29.0 Å². The molecule has 306 valence electrons. The van der Waals surface area contributed by atoms with E-state index in [0.717, 1.165) is 82.9 Å². The highest BCUT2D eigenvalue weighted by Crippen LogP contribution is 2.46. The average molecular weight is 785 g/mol. The largest absolute Gasteiger partial charge is 0.479 e. The minimum atomic E-state index is -1.37. The number of hydrazine groups is 2. The monoisotopic (exact) mass is 784 g/mol. The lowest BCUT2D eigenvalue weighted by molar-refractivity contribution is -0.146. The molecule has 3 saturated carbocycles. The number of fused-ring (bicyclic) bond motifs is 3. The summed E-state index contributed by atoms with van der Waals surface area (Å²) in [5, 5.41) is 26.1. The number of carbonyl (C=O) groups excluding carboxylic acids is 3.